The van der Waals surface area contributed by atoms with Gasteiger partial charge in [-0.05, 0) is 42.8 Å². The molecule has 2 aromatic rings. The number of anilines is 1. The lowest BCUT2D eigenvalue weighted by Gasteiger charge is -2.11. The summed E-state index contributed by atoms with van der Waals surface area (Å²) < 4.78 is 0. The van der Waals surface area contributed by atoms with Crippen molar-refractivity contribution < 1.29 is 19.8 Å². The smallest absolute Gasteiger partial charge is 0.335 e. The maximum atomic E-state index is 12.6. The number of amides is 1. The molecule has 1 N–H and O–H groups in total. The first kappa shape index (κ1) is 15.5. The van der Waals surface area contributed by atoms with Gasteiger partial charge in [-0.3, -0.25) is 4.79 Å². The first-order valence-corrected chi connectivity index (χ1v) is 7.18. The molecule has 1 aliphatic heterocycles. The fourth-order valence-electron chi connectivity index (χ4n) is 2.34. The number of aromatic carboxylic acids is 1. The third kappa shape index (κ3) is 2.89. The average molecular weight is 321 g/mol. The zero-order valence-corrected chi connectivity index (χ0v) is 12.8. The lowest BCUT2D eigenvalue weighted by molar-refractivity contribution is -0.268. The molecule has 0 atom stereocenters. The Balaban J connectivity index is 1.90. The van der Waals surface area contributed by atoms with Gasteiger partial charge in [0.05, 0.1) is 22.5 Å². The zero-order valence-electron chi connectivity index (χ0n) is 12.8. The molecule has 6 heteroatoms. The minimum atomic E-state index is -1.03. The predicted molar refractivity (Wildman–Crippen MR) is 87.9 cm³/mol. The molecule has 120 valence electrons. The Bertz CT molecular complexity index is 865. The van der Waals surface area contributed by atoms with Gasteiger partial charge in [0.25, 0.3) is 5.91 Å². The van der Waals surface area contributed by atoms with Crippen LogP contribution in [0.5, 0.6) is 5.75 Å². The molecule has 2 aromatic carbocycles. The largest absolute Gasteiger partial charge is 0.872 e. The lowest BCUT2D eigenvalue weighted by Crippen LogP contribution is -2.21. The second-order valence-electron chi connectivity index (χ2n) is 5.28. The molecule has 0 unspecified atom stereocenters. The van der Waals surface area contributed by atoms with Gasteiger partial charge >= 0.3 is 5.97 Å². The van der Waals surface area contributed by atoms with Crippen LogP contribution in [-0.4, -0.2) is 22.7 Å². The van der Waals surface area contributed by atoms with Crippen LogP contribution in [0.2, 0.25) is 0 Å². The summed E-state index contributed by atoms with van der Waals surface area (Å²) >= 11 is 0. The van der Waals surface area contributed by atoms with E-state index in [0.29, 0.717) is 17.0 Å². The van der Waals surface area contributed by atoms with Gasteiger partial charge in [-0.25, -0.2) is 4.79 Å². The Kier molecular flexibility index (Phi) is 3.87. The highest BCUT2D eigenvalue weighted by Gasteiger charge is 2.28. The van der Waals surface area contributed by atoms with Crippen LogP contribution in [0.3, 0.4) is 0 Å². The molecule has 0 saturated heterocycles. The maximum Gasteiger partial charge on any atom is 0.335 e. The minimum absolute atomic E-state index is 0.0968. The molecule has 0 bridgehead atoms. The molecule has 0 aliphatic carbocycles. The van der Waals surface area contributed by atoms with Crippen LogP contribution in [-0.2, 0) is 4.79 Å². The van der Waals surface area contributed by atoms with Gasteiger partial charge in [0.2, 0.25) is 0 Å². The molecular formula is C18H13N2O4-. The molecule has 24 heavy (non-hydrogen) atoms. The SMILES string of the molecule is CC1=NN(c2ccc(C(=O)O)cc2)C(=O)/C1=C/c1ccc([O-])cc1. The van der Waals surface area contributed by atoms with Crippen molar-refractivity contribution in [2.45, 2.75) is 6.92 Å². The van der Waals surface area contributed by atoms with Crippen LogP contribution in [0.1, 0.15) is 22.8 Å². The molecule has 1 heterocycles. The Morgan fingerprint density at radius 3 is 2.33 bits per heavy atom. The number of nitrogens with zero attached hydrogens (tertiary/aromatic N) is 2. The van der Waals surface area contributed by atoms with Crippen molar-refractivity contribution in [3.05, 3.63) is 65.2 Å². The number of carbonyl (C=O) groups is 2. The topological polar surface area (TPSA) is 93.0 Å². The summed E-state index contributed by atoms with van der Waals surface area (Å²) in [6.45, 7) is 1.72. The standard InChI is InChI=1S/C18H14N2O4/c1-11-16(10-12-2-8-15(21)9-3-12)17(22)20(19-11)14-6-4-13(5-7-14)18(23)24/h2-10,21H,1H3,(H,23,24)/p-1/b16-10+. The van der Waals surface area contributed by atoms with Crippen LogP contribution in [0.4, 0.5) is 5.69 Å². The van der Waals surface area contributed by atoms with Crippen LogP contribution < -0.4 is 10.1 Å². The van der Waals surface area contributed by atoms with Crippen molar-refractivity contribution >= 4 is 29.4 Å². The molecule has 0 saturated carbocycles. The molecule has 1 amide bonds. The van der Waals surface area contributed by atoms with E-state index in [9.17, 15) is 14.7 Å². The Labute approximate surface area is 138 Å². The second-order valence-corrected chi connectivity index (χ2v) is 5.28. The first-order valence-electron chi connectivity index (χ1n) is 7.18. The van der Waals surface area contributed by atoms with Gasteiger partial charge in [0, 0.05) is 0 Å². The Morgan fingerprint density at radius 1 is 1.12 bits per heavy atom. The van der Waals surface area contributed by atoms with E-state index >= 15 is 0 Å². The number of hydrogen-bond acceptors (Lipinski definition) is 4. The lowest BCUT2D eigenvalue weighted by atomic mass is 10.1. The van der Waals surface area contributed by atoms with E-state index < -0.39 is 5.97 Å². The third-order valence-electron chi connectivity index (χ3n) is 3.61. The van der Waals surface area contributed by atoms with Gasteiger partial charge in [-0.15, -0.1) is 5.75 Å². The number of hydrazone groups is 1. The summed E-state index contributed by atoms with van der Waals surface area (Å²) in [5, 5.41) is 25.5. The predicted octanol–water partition coefficient (Wildman–Crippen LogP) is 2.26. The summed E-state index contributed by atoms with van der Waals surface area (Å²) in [6.07, 6.45) is 1.67. The highest BCUT2D eigenvalue weighted by atomic mass is 16.4. The summed E-state index contributed by atoms with van der Waals surface area (Å²) in [5.41, 5.74) is 2.34. The van der Waals surface area contributed by atoms with Crippen molar-refractivity contribution in [3.63, 3.8) is 0 Å². The number of carboxylic acids is 1. The van der Waals surface area contributed by atoms with Crippen molar-refractivity contribution in [1.82, 2.24) is 0 Å². The Morgan fingerprint density at radius 2 is 1.75 bits per heavy atom. The number of rotatable bonds is 3. The van der Waals surface area contributed by atoms with Crippen LogP contribution in [0, 0.1) is 0 Å². The first-order chi connectivity index (χ1) is 11.5. The van der Waals surface area contributed by atoms with Gasteiger partial charge in [0.15, 0.2) is 0 Å². The second kappa shape index (κ2) is 6.00. The third-order valence-corrected chi connectivity index (χ3v) is 3.61. The molecular weight excluding hydrogens is 308 g/mol. The summed E-state index contributed by atoms with van der Waals surface area (Å²) in [4.78, 5) is 23.5. The number of carboxylic acid groups (broad SMARTS) is 1. The fraction of sp³-hybridized carbons (Fsp3) is 0.0556. The van der Waals surface area contributed by atoms with Crippen LogP contribution >= 0.6 is 0 Å². The maximum absolute atomic E-state index is 12.6. The minimum Gasteiger partial charge on any atom is -0.872 e. The highest BCUT2D eigenvalue weighted by Crippen LogP contribution is 2.25. The fourth-order valence-corrected chi connectivity index (χ4v) is 2.34. The molecule has 0 aromatic heterocycles. The van der Waals surface area contributed by atoms with Crippen LogP contribution in [0.25, 0.3) is 6.08 Å². The normalized spacial score (nSPS) is 15.7. The average Bonchev–Trinajstić information content (AvgIpc) is 2.85. The van der Waals surface area contributed by atoms with E-state index in [2.05, 4.69) is 5.10 Å². The van der Waals surface area contributed by atoms with E-state index in [1.54, 1.807) is 25.1 Å². The molecule has 0 fully saturated rings. The van der Waals surface area contributed by atoms with Crippen molar-refractivity contribution in [1.29, 1.82) is 0 Å². The quantitative estimate of drug-likeness (QED) is 0.878. The van der Waals surface area contributed by atoms with E-state index in [4.69, 9.17) is 5.11 Å². The summed E-state index contributed by atoms with van der Waals surface area (Å²) in [5.74, 6) is -1.43. The molecule has 3 rings (SSSR count). The van der Waals surface area contributed by atoms with Gasteiger partial charge in [-0.2, -0.15) is 10.1 Å². The molecule has 0 radical (unpaired) electrons. The number of carbonyl (C=O) groups excluding carboxylic acids is 1. The molecule has 6 nitrogen and oxygen atoms in total. The summed E-state index contributed by atoms with van der Waals surface area (Å²) in [6, 6.07) is 12.1. The zero-order chi connectivity index (χ0) is 17.3. The van der Waals surface area contributed by atoms with Crippen molar-refractivity contribution in [3.8, 4) is 5.75 Å². The monoisotopic (exact) mass is 321 g/mol. The van der Waals surface area contributed by atoms with Crippen LogP contribution in [0.15, 0.2) is 59.2 Å². The van der Waals surface area contributed by atoms with E-state index in [1.807, 2.05) is 0 Å². The number of hydrogen-bond donors (Lipinski definition) is 1. The summed E-state index contributed by atoms with van der Waals surface area (Å²) in [7, 11) is 0. The van der Waals surface area contributed by atoms with Gasteiger partial charge < -0.3 is 10.2 Å². The van der Waals surface area contributed by atoms with E-state index in [1.165, 1.54) is 41.4 Å². The van der Waals surface area contributed by atoms with E-state index in [0.717, 1.165) is 5.56 Å². The van der Waals surface area contributed by atoms with Crippen molar-refractivity contribution in [2.75, 3.05) is 5.01 Å². The van der Waals surface area contributed by atoms with Crippen molar-refractivity contribution in [2.24, 2.45) is 5.10 Å². The van der Waals surface area contributed by atoms with Gasteiger partial charge in [0.1, 0.15) is 0 Å². The number of benzene rings is 2. The molecule has 1 aliphatic rings. The van der Waals surface area contributed by atoms with Gasteiger partial charge in [-0.1, -0.05) is 24.3 Å². The highest BCUT2D eigenvalue weighted by molar-refractivity contribution is 6.32. The molecule has 0 spiro atoms. The van der Waals surface area contributed by atoms with E-state index in [-0.39, 0.29) is 17.2 Å². The Hall–Kier alpha value is -3.41.